The van der Waals surface area contributed by atoms with Crippen LogP contribution < -0.4 is 10.6 Å². The van der Waals surface area contributed by atoms with Crippen molar-refractivity contribution in [3.05, 3.63) is 35.9 Å². The molecule has 0 aliphatic rings. The molecule has 4 heteroatoms. The van der Waals surface area contributed by atoms with Gasteiger partial charge in [-0.1, -0.05) is 30.3 Å². The molecule has 0 fully saturated rings. The van der Waals surface area contributed by atoms with Crippen LogP contribution in [0.25, 0.3) is 0 Å². The smallest absolute Gasteiger partial charge is 0.315 e. The van der Waals surface area contributed by atoms with Crippen LogP contribution in [0.1, 0.15) is 45.2 Å². The topological polar surface area (TPSA) is 61.4 Å². The third kappa shape index (κ3) is 6.25. The number of carbonyl (C=O) groups is 1. The van der Waals surface area contributed by atoms with Crippen molar-refractivity contribution in [3.63, 3.8) is 0 Å². The summed E-state index contributed by atoms with van der Waals surface area (Å²) in [6.45, 7) is 5.96. The van der Waals surface area contributed by atoms with Crippen molar-refractivity contribution < 1.29 is 9.90 Å². The molecule has 1 aromatic rings. The van der Waals surface area contributed by atoms with E-state index in [2.05, 4.69) is 10.6 Å². The average molecular weight is 264 g/mol. The molecule has 0 saturated carbocycles. The maximum absolute atomic E-state index is 11.9. The number of nitrogens with one attached hydrogen (secondary N) is 2. The lowest BCUT2D eigenvalue weighted by Gasteiger charge is -2.24. The van der Waals surface area contributed by atoms with Crippen LogP contribution in [0.5, 0.6) is 0 Å². The van der Waals surface area contributed by atoms with Crippen LogP contribution in [0, 0.1) is 0 Å². The van der Waals surface area contributed by atoms with Crippen molar-refractivity contribution in [1.82, 2.24) is 10.6 Å². The van der Waals surface area contributed by atoms with Crippen LogP contribution in [-0.4, -0.2) is 23.3 Å². The van der Waals surface area contributed by atoms with Crippen molar-refractivity contribution in [2.45, 2.75) is 45.2 Å². The summed E-state index contributed by atoms with van der Waals surface area (Å²) in [6.07, 6.45) is 1.38. The van der Waals surface area contributed by atoms with Gasteiger partial charge in [0.2, 0.25) is 0 Å². The number of hydrogen-bond acceptors (Lipinski definition) is 2. The Bertz CT molecular complexity index is 385. The van der Waals surface area contributed by atoms with E-state index in [0.717, 1.165) is 12.0 Å². The number of urea groups is 1. The van der Waals surface area contributed by atoms with E-state index in [1.807, 2.05) is 51.1 Å². The first-order valence-electron chi connectivity index (χ1n) is 6.67. The van der Waals surface area contributed by atoms with Gasteiger partial charge in [-0.05, 0) is 39.2 Å². The molecule has 0 radical (unpaired) electrons. The highest BCUT2D eigenvalue weighted by Crippen LogP contribution is 2.18. The minimum atomic E-state index is -0.262. The second kappa shape index (κ2) is 7.14. The van der Waals surface area contributed by atoms with Crippen molar-refractivity contribution in [2.24, 2.45) is 0 Å². The van der Waals surface area contributed by atoms with Crippen molar-refractivity contribution in [1.29, 1.82) is 0 Å². The summed E-state index contributed by atoms with van der Waals surface area (Å²) in [5.74, 6) is 0. The fourth-order valence-electron chi connectivity index (χ4n) is 1.84. The molecule has 4 nitrogen and oxygen atoms in total. The zero-order valence-electron chi connectivity index (χ0n) is 11.9. The fourth-order valence-corrected chi connectivity index (χ4v) is 1.84. The predicted molar refractivity (Wildman–Crippen MR) is 76.9 cm³/mol. The third-order valence-corrected chi connectivity index (χ3v) is 2.65. The van der Waals surface area contributed by atoms with Gasteiger partial charge >= 0.3 is 6.03 Å². The van der Waals surface area contributed by atoms with Crippen LogP contribution >= 0.6 is 0 Å². The predicted octanol–water partition coefficient (Wildman–Crippen LogP) is 2.60. The molecular weight excluding hydrogens is 240 g/mol. The normalized spacial score (nSPS) is 12.8. The second-order valence-electron chi connectivity index (χ2n) is 5.68. The Morgan fingerprint density at radius 2 is 1.89 bits per heavy atom. The highest BCUT2D eigenvalue weighted by atomic mass is 16.3. The van der Waals surface area contributed by atoms with Crippen LogP contribution in [0.3, 0.4) is 0 Å². The fraction of sp³-hybridized carbons (Fsp3) is 0.533. The Hall–Kier alpha value is -1.55. The van der Waals surface area contributed by atoms with E-state index in [-0.39, 0.29) is 24.2 Å². The molecule has 0 aliphatic carbocycles. The molecule has 106 valence electrons. The molecule has 0 aromatic heterocycles. The van der Waals surface area contributed by atoms with E-state index in [1.54, 1.807) is 0 Å². The lowest BCUT2D eigenvalue weighted by Crippen LogP contribution is -2.47. The van der Waals surface area contributed by atoms with E-state index in [4.69, 9.17) is 5.11 Å². The van der Waals surface area contributed by atoms with Gasteiger partial charge in [-0.2, -0.15) is 0 Å². The van der Waals surface area contributed by atoms with E-state index < -0.39 is 0 Å². The summed E-state index contributed by atoms with van der Waals surface area (Å²) in [6, 6.07) is 9.56. The molecule has 1 rings (SSSR count). The molecule has 0 aliphatic heterocycles. The van der Waals surface area contributed by atoms with Gasteiger partial charge in [0, 0.05) is 12.1 Å². The quantitative estimate of drug-likeness (QED) is 0.765. The molecule has 1 unspecified atom stereocenters. The molecular formula is C15H24N2O2. The van der Waals surface area contributed by atoms with Gasteiger partial charge < -0.3 is 15.7 Å². The van der Waals surface area contributed by atoms with Crippen molar-refractivity contribution in [3.8, 4) is 0 Å². The molecule has 0 spiro atoms. The first-order chi connectivity index (χ1) is 8.92. The van der Waals surface area contributed by atoms with Crippen LogP contribution in [0.2, 0.25) is 0 Å². The molecule has 3 N–H and O–H groups in total. The molecule has 2 amide bonds. The first kappa shape index (κ1) is 15.5. The lowest BCUT2D eigenvalue weighted by atomic mass is 10.0. The van der Waals surface area contributed by atoms with E-state index in [0.29, 0.717) is 6.42 Å². The number of carbonyl (C=O) groups excluding carboxylic acids is 1. The minimum Gasteiger partial charge on any atom is -0.396 e. The lowest BCUT2D eigenvalue weighted by molar-refractivity contribution is 0.224. The Morgan fingerprint density at radius 3 is 2.42 bits per heavy atom. The van der Waals surface area contributed by atoms with Gasteiger partial charge in [0.1, 0.15) is 0 Å². The number of aliphatic hydroxyl groups excluding tert-OH is 1. The SMILES string of the molecule is CC(C)(C)NC(=O)NC(CCCO)c1ccccc1. The van der Waals surface area contributed by atoms with Gasteiger partial charge in [0.15, 0.2) is 0 Å². The Morgan fingerprint density at radius 1 is 1.26 bits per heavy atom. The van der Waals surface area contributed by atoms with E-state index in [9.17, 15) is 4.79 Å². The number of amides is 2. The Balaban J connectivity index is 2.67. The van der Waals surface area contributed by atoms with E-state index >= 15 is 0 Å². The molecule has 0 heterocycles. The number of rotatable bonds is 5. The number of aliphatic hydroxyl groups is 1. The van der Waals surface area contributed by atoms with Crippen LogP contribution in [0.4, 0.5) is 4.79 Å². The summed E-state index contributed by atoms with van der Waals surface area (Å²) < 4.78 is 0. The van der Waals surface area contributed by atoms with Gasteiger partial charge in [-0.15, -0.1) is 0 Å². The summed E-state index contributed by atoms with van der Waals surface area (Å²) >= 11 is 0. The van der Waals surface area contributed by atoms with Crippen molar-refractivity contribution in [2.75, 3.05) is 6.61 Å². The zero-order valence-corrected chi connectivity index (χ0v) is 11.9. The summed E-state index contributed by atoms with van der Waals surface area (Å²) in [5, 5.41) is 14.8. The highest BCUT2D eigenvalue weighted by molar-refractivity contribution is 5.75. The van der Waals surface area contributed by atoms with Crippen molar-refractivity contribution >= 4 is 6.03 Å². The maximum atomic E-state index is 11.9. The highest BCUT2D eigenvalue weighted by Gasteiger charge is 2.18. The average Bonchev–Trinajstić information content (AvgIpc) is 2.33. The maximum Gasteiger partial charge on any atom is 0.315 e. The van der Waals surface area contributed by atoms with E-state index in [1.165, 1.54) is 0 Å². The Labute approximate surface area is 115 Å². The largest absolute Gasteiger partial charge is 0.396 e. The molecule has 1 aromatic carbocycles. The summed E-state index contributed by atoms with van der Waals surface area (Å²) in [7, 11) is 0. The van der Waals surface area contributed by atoms with Gasteiger partial charge in [0.25, 0.3) is 0 Å². The standard InChI is InChI=1S/C15H24N2O2/c1-15(2,3)17-14(19)16-13(10-7-11-18)12-8-5-4-6-9-12/h4-6,8-9,13,18H,7,10-11H2,1-3H3,(H2,16,17,19). The number of benzene rings is 1. The van der Waals surface area contributed by atoms with Crippen LogP contribution in [0.15, 0.2) is 30.3 Å². The molecule has 0 saturated heterocycles. The Kier molecular flexibility index (Phi) is 5.83. The molecule has 0 bridgehead atoms. The zero-order chi connectivity index (χ0) is 14.3. The monoisotopic (exact) mass is 264 g/mol. The first-order valence-corrected chi connectivity index (χ1v) is 6.67. The van der Waals surface area contributed by atoms with Gasteiger partial charge in [0.05, 0.1) is 6.04 Å². The summed E-state index contributed by atoms with van der Waals surface area (Å²) in [4.78, 5) is 11.9. The van der Waals surface area contributed by atoms with Gasteiger partial charge in [-0.25, -0.2) is 4.79 Å². The molecule has 1 atom stereocenters. The second-order valence-corrected chi connectivity index (χ2v) is 5.68. The molecule has 19 heavy (non-hydrogen) atoms. The third-order valence-electron chi connectivity index (χ3n) is 2.65. The summed E-state index contributed by atoms with van der Waals surface area (Å²) in [5.41, 5.74) is 0.794. The number of hydrogen-bond donors (Lipinski definition) is 3. The van der Waals surface area contributed by atoms with Crippen LogP contribution in [-0.2, 0) is 0 Å². The van der Waals surface area contributed by atoms with Gasteiger partial charge in [-0.3, -0.25) is 0 Å². The minimum absolute atomic E-state index is 0.0734.